The molecule has 1 aliphatic rings. The Morgan fingerprint density at radius 1 is 0.314 bits per heavy atom. The molecule has 9 rings (SSSR count). The van der Waals surface area contributed by atoms with Crippen LogP contribution < -0.4 is 0 Å². The molecule has 0 saturated heterocycles. The van der Waals surface area contributed by atoms with Gasteiger partial charge in [-0.15, -0.1) is 0 Å². The zero-order valence-electron chi connectivity index (χ0n) is 28.8. The zero-order valence-corrected chi connectivity index (χ0v) is 28.8. The van der Waals surface area contributed by atoms with Gasteiger partial charge in [0, 0.05) is 16.5 Å². The van der Waals surface area contributed by atoms with Gasteiger partial charge in [-0.2, -0.15) is 0 Å². The monoisotopic (exact) mass is 651 g/mol. The largest absolute Gasteiger partial charge is 0.248 e. The highest BCUT2D eigenvalue weighted by Gasteiger charge is 2.35. The third-order valence-electron chi connectivity index (χ3n) is 10.5. The number of fused-ring (bicyclic) bond motifs is 3. The van der Waals surface area contributed by atoms with Crippen molar-refractivity contribution in [3.63, 3.8) is 0 Å². The molecule has 0 bridgehead atoms. The van der Waals surface area contributed by atoms with E-state index in [9.17, 15) is 0 Å². The summed E-state index contributed by atoms with van der Waals surface area (Å²) in [6.45, 7) is 4.67. The van der Waals surface area contributed by atoms with Gasteiger partial charge in [-0.25, -0.2) is 4.98 Å². The van der Waals surface area contributed by atoms with E-state index in [0.717, 1.165) is 28.1 Å². The Morgan fingerprint density at radius 2 is 0.824 bits per heavy atom. The molecule has 1 heterocycles. The lowest BCUT2D eigenvalue weighted by Gasteiger charge is -2.21. The number of pyridine rings is 1. The van der Waals surface area contributed by atoms with Crippen LogP contribution in [0.1, 0.15) is 25.0 Å². The average Bonchev–Trinajstić information content (AvgIpc) is 3.44. The summed E-state index contributed by atoms with van der Waals surface area (Å²) in [5.41, 5.74) is 19.1. The lowest BCUT2D eigenvalue weighted by molar-refractivity contribution is 0.660. The molecule has 0 atom stereocenters. The number of rotatable bonds is 6. The Balaban J connectivity index is 1.17. The van der Waals surface area contributed by atoms with E-state index < -0.39 is 0 Å². The van der Waals surface area contributed by atoms with Crippen LogP contribution in [0.5, 0.6) is 0 Å². The van der Waals surface area contributed by atoms with Crippen molar-refractivity contribution in [3.05, 3.63) is 199 Å². The third kappa shape index (κ3) is 5.48. The predicted molar refractivity (Wildman–Crippen MR) is 214 cm³/mol. The van der Waals surface area contributed by atoms with Crippen molar-refractivity contribution in [2.24, 2.45) is 0 Å². The zero-order chi connectivity index (χ0) is 34.4. The van der Waals surface area contributed by atoms with Crippen molar-refractivity contribution in [2.45, 2.75) is 19.3 Å². The van der Waals surface area contributed by atoms with E-state index in [1.165, 1.54) is 61.2 Å². The van der Waals surface area contributed by atoms with Gasteiger partial charge in [-0.1, -0.05) is 184 Å². The first-order valence-electron chi connectivity index (χ1n) is 17.7. The standard InChI is InChI=1S/C50H37N/c1-50(2)45-24-13-12-21-42(45)44-31-39(29-30-46(44)50)35-25-27-36(28-26-35)41-22-14-23-43(49(41)38-19-10-5-11-20-38)48-33-40(34-15-6-3-7-16-34)32-47(51-48)37-17-8-4-9-18-37/h3-33H,1-2H3. The summed E-state index contributed by atoms with van der Waals surface area (Å²) >= 11 is 0. The second-order valence-corrected chi connectivity index (χ2v) is 14.0. The molecular weight excluding hydrogens is 615 g/mol. The molecule has 8 aromatic rings. The molecule has 0 unspecified atom stereocenters. The second kappa shape index (κ2) is 12.5. The first-order valence-corrected chi connectivity index (χ1v) is 17.7. The maximum absolute atomic E-state index is 5.33. The van der Waals surface area contributed by atoms with Gasteiger partial charge >= 0.3 is 0 Å². The molecule has 0 spiro atoms. The Labute approximate surface area is 300 Å². The summed E-state index contributed by atoms with van der Waals surface area (Å²) < 4.78 is 0. The highest BCUT2D eigenvalue weighted by molar-refractivity contribution is 5.95. The minimum Gasteiger partial charge on any atom is -0.248 e. The van der Waals surface area contributed by atoms with Crippen LogP contribution in [0.15, 0.2) is 188 Å². The van der Waals surface area contributed by atoms with Gasteiger partial charge in [-0.05, 0) is 85.0 Å². The van der Waals surface area contributed by atoms with Gasteiger partial charge in [0.15, 0.2) is 0 Å². The topological polar surface area (TPSA) is 12.9 Å². The van der Waals surface area contributed by atoms with Gasteiger partial charge in [0.2, 0.25) is 0 Å². The van der Waals surface area contributed by atoms with Crippen LogP contribution in [0, 0.1) is 0 Å². The minimum atomic E-state index is 0.00446. The summed E-state index contributed by atoms with van der Waals surface area (Å²) in [7, 11) is 0. The molecule has 1 aliphatic carbocycles. The van der Waals surface area contributed by atoms with Crippen LogP contribution in [0.2, 0.25) is 0 Å². The van der Waals surface area contributed by atoms with Crippen molar-refractivity contribution >= 4 is 0 Å². The molecule has 0 saturated carbocycles. The normalized spacial score (nSPS) is 12.7. The van der Waals surface area contributed by atoms with E-state index in [1.54, 1.807) is 0 Å². The molecule has 7 aromatic carbocycles. The molecule has 0 aliphatic heterocycles. The quantitative estimate of drug-likeness (QED) is 0.174. The number of hydrogen-bond acceptors (Lipinski definition) is 1. The Hall–Kier alpha value is -6.31. The molecular formula is C50H37N. The first-order chi connectivity index (χ1) is 25.0. The molecule has 51 heavy (non-hydrogen) atoms. The minimum absolute atomic E-state index is 0.00446. The van der Waals surface area contributed by atoms with Crippen LogP contribution in [0.4, 0.5) is 0 Å². The van der Waals surface area contributed by atoms with Gasteiger partial charge in [0.05, 0.1) is 11.4 Å². The molecule has 0 fully saturated rings. The van der Waals surface area contributed by atoms with Crippen LogP contribution in [0.25, 0.3) is 78.1 Å². The van der Waals surface area contributed by atoms with Gasteiger partial charge in [0.1, 0.15) is 0 Å². The molecule has 0 N–H and O–H groups in total. The van der Waals surface area contributed by atoms with E-state index >= 15 is 0 Å². The Morgan fingerprint density at radius 3 is 1.55 bits per heavy atom. The lowest BCUT2D eigenvalue weighted by atomic mass is 9.82. The number of aromatic nitrogens is 1. The first kappa shape index (κ1) is 30.7. The Kier molecular flexibility index (Phi) is 7.55. The smallest absolute Gasteiger partial charge is 0.0722 e. The highest BCUT2D eigenvalue weighted by atomic mass is 14.7. The molecule has 0 amide bonds. The van der Waals surface area contributed by atoms with Crippen LogP contribution in [-0.2, 0) is 5.41 Å². The van der Waals surface area contributed by atoms with Crippen molar-refractivity contribution < 1.29 is 0 Å². The maximum atomic E-state index is 5.33. The summed E-state index contributed by atoms with van der Waals surface area (Å²) in [5, 5.41) is 0. The SMILES string of the molecule is CC1(C)c2ccccc2-c2cc(-c3ccc(-c4cccc(-c5cc(-c6ccccc6)cc(-c6ccccc6)n5)c4-c4ccccc4)cc3)ccc21. The fourth-order valence-electron chi connectivity index (χ4n) is 7.89. The predicted octanol–water partition coefficient (Wildman–Crippen LogP) is 13.4. The second-order valence-electron chi connectivity index (χ2n) is 14.0. The fraction of sp³-hybridized carbons (Fsp3) is 0.0600. The van der Waals surface area contributed by atoms with Crippen LogP contribution >= 0.6 is 0 Å². The van der Waals surface area contributed by atoms with Crippen molar-refractivity contribution in [2.75, 3.05) is 0 Å². The van der Waals surface area contributed by atoms with Crippen LogP contribution in [0.3, 0.4) is 0 Å². The Bertz CT molecular complexity index is 2450. The molecule has 1 aromatic heterocycles. The molecule has 0 radical (unpaired) electrons. The van der Waals surface area contributed by atoms with Crippen molar-refractivity contribution in [3.8, 4) is 78.1 Å². The third-order valence-corrected chi connectivity index (χ3v) is 10.5. The van der Waals surface area contributed by atoms with E-state index in [-0.39, 0.29) is 5.41 Å². The maximum Gasteiger partial charge on any atom is 0.0722 e. The van der Waals surface area contributed by atoms with Crippen molar-refractivity contribution in [1.29, 1.82) is 0 Å². The highest BCUT2D eigenvalue weighted by Crippen LogP contribution is 2.49. The van der Waals surface area contributed by atoms with Gasteiger partial charge < -0.3 is 0 Å². The summed E-state index contributed by atoms with van der Waals surface area (Å²) in [4.78, 5) is 5.33. The summed E-state index contributed by atoms with van der Waals surface area (Å²) in [5.74, 6) is 0. The van der Waals surface area contributed by atoms with E-state index in [2.05, 4.69) is 202 Å². The molecule has 1 nitrogen and oxygen atoms in total. The number of nitrogens with zero attached hydrogens (tertiary/aromatic N) is 1. The number of benzene rings is 7. The molecule has 242 valence electrons. The average molecular weight is 652 g/mol. The van der Waals surface area contributed by atoms with Crippen molar-refractivity contribution in [1.82, 2.24) is 4.98 Å². The summed E-state index contributed by atoms with van der Waals surface area (Å²) in [6.07, 6.45) is 0. The van der Waals surface area contributed by atoms with Gasteiger partial charge in [-0.3, -0.25) is 0 Å². The fourth-order valence-corrected chi connectivity index (χ4v) is 7.89. The molecule has 1 heteroatoms. The van der Waals surface area contributed by atoms with E-state index in [1.807, 2.05) is 0 Å². The van der Waals surface area contributed by atoms with E-state index in [4.69, 9.17) is 4.98 Å². The van der Waals surface area contributed by atoms with Gasteiger partial charge in [0.25, 0.3) is 0 Å². The summed E-state index contributed by atoms with van der Waals surface area (Å²) in [6, 6.07) is 67.8. The lowest BCUT2D eigenvalue weighted by Crippen LogP contribution is -2.14. The number of hydrogen-bond donors (Lipinski definition) is 0. The van der Waals surface area contributed by atoms with E-state index in [0.29, 0.717) is 0 Å². The van der Waals surface area contributed by atoms with Crippen LogP contribution in [-0.4, -0.2) is 4.98 Å².